The number of carbonyl (C=O) groups excluding carboxylic acids is 2. The maximum atomic E-state index is 12.8. The zero-order valence-corrected chi connectivity index (χ0v) is 19.4. The van der Waals surface area contributed by atoms with Gasteiger partial charge in [0.25, 0.3) is 0 Å². The smallest absolute Gasteiger partial charge is 0.339 e. The van der Waals surface area contributed by atoms with Gasteiger partial charge < -0.3 is 14.4 Å². The Labute approximate surface area is 196 Å². The molecule has 1 heterocycles. The Kier molecular flexibility index (Phi) is 8.53. The normalized spacial score (nSPS) is 10.5. The number of halogens is 1. The number of hydrogen-bond donors (Lipinski definition) is 0. The highest BCUT2D eigenvalue weighted by Crippen LogP contribution is 2.27. The Morgan fingerprint density at radius 3 is 2.62 bits per heavy atom. The Morgan fingerprint density at radius 1 is 1.06 bits per heavy atom. The SMILES string of the molecule is CN(C)C(=O)CSc1ccccc1C(=O)OCc1cc(Cl)ccc1OCc1cccnc1. The van der Waals surface area contributed by atoms with Crippen LogP contribution in [0.1, 0.15) is 21.5 Å². The molecule has 0 saturated heterocycles. The van der Waals surface area contributed by atoms with Crippen molar-refractivity contribution in [3.8, 4) is 5.75 Å². The molecule has 0 atom stereocenters. The van der Waals surface area contributed by atoms with E-state index in [0.717, 1.165) is 5.56 Å². The molecule has 1 aromatic heterocycles. The summed E-state index contributed by atoms with van der Waals surface area (Å²) in [5.74, 6) is 0.291. The van der Waals surface area contributed by atoms with Gasteiger partial charge in [0, 0.05) is 47.5 Å². The lowest BCUT2D eigenvalue weighted by atomic mass is 10.2. The molecule has 166 valence electrons. The van der Waals surface area contributed by atoms with Crippen molar-refractivity contribution in [2.45, 2.75) is 18.1 Å². The molecular weight excluding hydrogens is 448 g/mol. The number of thioether (sulfide) groups is 1. The van der Waals surface area contributed by atoms with E-state index in [4.69, 9.17) is 21.1 Å². The predicted octanol–water partition coefficient (Wildman–Crippen LogP) is 4.85. The lowest BCUT2D eigenvalue weighted by Gasteiger charge is -2.14. The first-order valence-electron chi connectivity index (χ1n) is 9.83. The van der Waals surface area contributed by atoms with Gasteiger partial charge in [-0.05, 0) is 36.4 Å². The average molecular weight is 471 g/mol. The topological polar surface area (TPSA) is 68.7 Å². The van der Waals surface area contributed by atoms with Crippen molar-refractivity contribution < 1.29 is 19.1 Å². The minimum atomic E-state index is -0.483. The molecular formula is C24H23ClN2O4S. The predicted molar refractivity (Wildman–Crippen MR) is 125 cm³/mol. The van der Waals surface area contributed by atoms with Crippen molar-refractivity contribution in [2.75, 3.05) is 19.8 Å². The van der Waals surface area contributed by atoms with Gasteiger partial charge in [0.2, 0.25) is 5.91 Å². The number of ether oxygens (including phenoxy) is 2. The van der Waals surface area contributed by atoms with E-state index in [-0.39, 0.29) is 18.3 Å². The van der Waals surface area contributed by atoms with Gasteiger partial charge in [-0.3, -0.25) is 9.78 Å². The second-order valence-electron chi connectivity index (χ2n) is 7.05. The summed E-state index contributed by atoms with van der Waals surface area (Å²) < 4.78 is 11.4. The Balaban J connectivity index is 1.67. The number of esters is 1. The highest BCUT2D eigenvalue weighted by molar-refractivity contribution is 8.00. The molecule has 8 heteroatoms. The van der Waals surface area contributed by atoms with Crippen LogP contribution in [0.4, 0.5) is 0 Å². The minimum absolute atomic E-state index is 0.00258. The van der Waals surface area contributed by atoms with E-state index in [9.17, 15) is 9.59 Å². The molecule has 0 bridgehead atoms. The van der Waals surface area contributed by atoms with Crippen LogP contribution in [0, 0.1) is 0 Å². The van der Waals surface area contributed by atoms with E-state index in [2.05, 4.69) is 4.98 Å². The third-order valence-corrected chi connectivity index (χ3v) is 5.75. The first kappa shape index (κ1) is 23.6. The number of rotatable bonds is 9. The maximum Gasteiger partial charge on any atom is 0.339 e. The van der Waals surface area contributed by atoms with Crippen molar-refractivity contribution in [3.63, 3.8) is 0 Å². The summed E-state index contributed by atoms with van der Waals surface area (Å²) >= 11 is 7.44. The first-order chi connectivity index (χ1) is 15.4. The summed E-state index contributed by atoms with van der Waals surface area (Å²) in [6.45, 7) is 0.327. The fraction of sp³-hybridized carbons (Fsp3) is 0.208. The molecule has 0 spiro atoms. The molecule has 0 aliphatic heterocycles. The summed E-state index contributed by atoms with van der Waals surface area (Å²) in [6.07, 6.45) is 3.43. The molecule has 0 aliphatic rings. The molecule has 0 N–H and O–H groups in total. The molecule has 1 amide bonds. The second kappa shape index (κ2) is 11.5. The van der Waals surface area contributed by atoms with Crippen LogP contribution < -0.4 is 4.74 Å². The van der Waals surface area contributed by atoms with Gasteiger partial charge in [0.05, 0.1) is 11.3 Å². The molecule has 0 saturated carbocycles. The van der Waals surface area contributed by atoms with E-state index in [0.29, 0.717) is 33.4 Å². The van der Waals surface area contributed by atoms with Gasteiger partial charge in [-0.15, -0.1) is 11.8 Å². The molecule has 3 aromatic rings. The summed E-state index contributed by atoms with van der Waals surface area (Å²) in [7, 11) is 3.39. The molecule has 0 aliphatic carbocycles. The zero-order chi connectivity index (χ0) is 22.9. The lowest BCUT2D eigenvalue weighted by Crippen LogP contribution is -2.23. The fourth-order valence-corrected chi connectivity index (χ4v) is 3.91. The summed E-state index contributed by atoms with van der Waals surface area (Å²) in [4.78, 5) is 31.0. The molecule has 2 aromatic carbocycles. The molecule has 0 fully saturated rings. The standard InChI is InChI=1S/C24H23ClN2O4S/c1-27(2)23(28)16-32-22-8-4-3-7-20(22)24(29)31-15-18-12-19(25)9-10-21(18)30-14-17-6-5-11-26-13-17/h3-13H,14-16H2,1-2H3. The third kappa shape index (κ3) is 6.73. The van der Waals surface area contributed by atoms with Gasteiger partial charge >= 0.3 is 5.97 Å². The molecule has 0 radical (unpaired) electrons. The van der Waals surface area contributed by atoms with Crippen LogP contribution in [0.5, 0.6) is 5.75 Å². The van der Waals surface area contributed by atoms with E-state index >= 15 is 0 Å². The lowest BCUT2D eigenvalue weighted by molar-refractivity contribution is -0.125. The maximum absolute atomic E-state index is 12.8. The Bertz CT molecular complexity index is 1080. The summed E-state index contributed by atoms with van der Waals surface area (Å²) in [6, 6.07) is 16.0. The van der Waals surface area contributed by atoms with Crippen molar-refractivity contribution in [3.05, 3.63) is 88.7 Å². The number of pyridine rings is 1. The molecule has 6 nitrogen and oxygen atoms in total. The quantitative estimate of drug-likeness (QED) is 0.329. The number of nitrogens with zero attached hydrogens (tertiary/aromatic N) is 2. The van der Waals surface area contributed by atoms with Gasteiger partial charge in [-0.25, -0.2) is 4.79 Å². The summed E-state index contributed by atoms with van der Waals surface area (Å²) in [5.41, 5.74) is 1.98. The van der Waals surface area contributed by atoms with Crippen molar-refractivity contribution >= 4 is 35.2 Å². The van der Waals surface area contributed by atoms with Crippen molar-refractivity contribution in [1.82, 2.24) is 9.88 Å². The highest BCUT2D eigenvalue weighted by Gasteiger charge is 2.16. The monoisotopic (exact) mass is 470 g/mol. The van der Waals surface area contributed by atoms with Crippen LogP contribution in [0.25, 0.3) is 0 Å². The Morgan fingerprint density at radius 2 is 1.88 bits per heavy atom. The largest absolute Gasteiger partial charge is 0.488 e. The van der Waals surface area contributed by atoms with Crippen LogP contribution in [0.2, 0.25) is 5.02 Å². The van der Waals surface area contributed by atoms with E-state index in [1.165, 1.54) is 16.7 Å². The molecule has 3 rings (SSSR count). The van der Waals surface area contributed by atoms with Crippen molar-refractivity contribution in [2.24, 2.45) is 0 Å². The van der Waals surface area contributed by atoms with Gasteiger partial charge in [0.15, 0.2) is 0 Å². The van der Waals surface area contributed by atoms with E-state index < -0.39 is 5.97 Å². The van der Waals surface area contributed by atoms with Gasteiger partial charge in [0.1, 0.15) is 19.0 Å². The summed E-state index contributed by atoms with van der Waals surface area (Å²) in [5, 5.41) is 0.517. The number of amides is 1. The average Bonchev–Trinajstić information content (AvgIpc) is 2.81. The molecule has 32 heavy (non-hydrogen) atoms. The second-order valence-corrected chi connectivity index (χ2v) is 8.50. The number of hydrogen-bond acceptors (Lipinski definition) is 6. The molecule has 0 unspecified atom stereocenters. The number of carbonyl (C=O) groups is 2. The number of benzene rings is 2. The minimum Gasteiger partial charge on any atom is -0.488 e. The van der Waals surface area contributed by atoms with Crippen LogP contribution in [-0.4, -0.2) is 41.6 Å². The highest BCUT2D eigenvalue weighted by atomic mass is 35.5. The van der Waals surface area contributed by atoms with E-state index in [1.807, 2.05) is 18.2 Å². The third-order valence-electron chi connectivity index (χ3n) is 4.46. The first-order valence-corrected chi connectivity index (χ1v) is 11.2. The fourth-order valence-electron chi connectivity index (χ4n) is 2.70. The van der Waals surface area contributed by atoms with Gasteiger partial charge in [-0.1, -0.05) is 29.8 Å². The van der Waals surface area contributed by atoms with Crippen LogP contribution in [0.15, 0.2) is 71.9 Å². The van der Waals surface area contributed by atoms with Crippen LogP contribution in [-0.2, 0) is 22.7 Å². The zero-order valence-electron chi connectivity index (χ0n) is 17.8. The number of aromatic nitrogens is 1. The Hall–Kier alpha value is -3.03. The van der Waals surface area contributed by atoms with Crippen LogP contribution >= 0.6 is 23.4 Å². The van der Waals surface area contributed by atoms with E-state index in [1.54, 1.807) is 62.9 Å². The van der Waals surface area contributed by atoms with Crippen molar-refractivity contribution in [1.29, 1.82) is 0 Å². The van der Waals surface area contributed by atoms with Crippen LogP contribution in [0.3, 0.4) is 0 Å². The van der Waals surface area contributed by atoms with Gasteiger partial charge in [-0.2, -0.15) is 0 Å².